The number of carboxylic acid groups (broad SMARTS) is 1. The highest BCUT2D eigenvalue weighted by Gasteiger charge is 2.14. The molecule has 0 aliphatic rings. The lowest BCUT2D eigenvalue weighted by molar-refractivity contribution is 0.0697. The van der Waals surface area contributed by atoms with Crippen LogP contribution in [0.3, 0.4) is 0 Å². The monoisotopic (exact) mass is 318 g/mol. The van der Waals surface area contributed by atoms with Gasteiger partial charge in [-0.3, -0.25) is 0 Å². The average Bonchev–Trinajstić information content (AvgIpc) is 2.34. The first kappa shape index (κ1) is 13.8. The van der Waals surface area contributed by atoms with Gasteiger partial charge in [0.2, 0.25) is 0 Å². The fourth-order valence-corrected chi connectivity index (χ4v) is 2.54. The Labute approximate surface area is 121 Å². The van der Waals surface area contributed by atoms with E-state index in [0.717, 1.165) is 21.2 Å². The molecule has 0 radical (unpaired) electrons. The third-order valence-electron chi connectivity index (χ3n) is 3.34. The highest BCUT2D eigenvalue weighted by Crippen LogP contribution is 2.31. The van der Waals surface area contributed by atoms with E-state index in [1.54, 1.807) is 6.07 Å². The minimum Gasteiger partial charge on any atom is -0.478 e. The summed E-state index contributed by atoms with van der Waals surface area (Å²) in [5, 5.41) is 9.35. The van der Waals surface area contributed by atoms with Crippen LogP contribution in [0.1, 0.15) is 27.0 Å². The molecule has 0 bridgehead atoms. The number of benzene rings is 2. The molecule has 2 aromatic rings. The van der Waals surface area contributed by atoms with Crippen LogP contribution < -0.4 is 0 Å². The number of carboxylic acids is 1. The number of aromatic carboxylic acids is 1. The Morgan fingerprint density at radius 2 is 1.58 bits per heavy atom. The minimum absolute atomic E-state index is 0.320. The zero-order valence-corrected chi connectivity index (χ0v) is 12.7. The summed E-state index contributed by atoms with van der Waals surface area (Å²) in [6.07, 6.45) is 0. The van der Waals surface area contributed by atoms with Crippen LogP contribution >= 0.6 is 15.9 Å². The smallest absolute Gasteiger partial charge is 0.336 e. The summed E-state index contributed by atoms with van der Waals surface area (Å²) in [5.41, 5.74) is 5.54. The molecule has 0 amide bonds. The molecule has 2 aromatic carbocycles. The minimum atomic E-state index is -0.908. The predicted octanol–water partition coefficient (Wildman–Crippen LogP) is 4.74. The second-order valence-electron chi connectivity index (χ2n) is 4.75. The van der Waals surface area contributed by atoms with Crippen molar-refractivity contribution in [2.75, 3.05) is 0 Å². The largest absolute Gasteiger partial charge is 0.478 e. The maximum absolute atomic E-state index is 11.4. The van der Waals surface area contributed by atoms with Gasteiger partial charge < -0.3 is 5.11 Å². The van der Waals surface area contributed by atoms with E-state index < -0.39 is 5.97 Å². The molecule has 0 saturated heterocycles. The summed E-state index contributed by atoms with van der Waals surface area (Å²) in [4.78, 5) is 11.4. The molecule has 0 saturated carbocycles. The molecule has 19 heavy (non-hydrogen) atoms. The second-order valence-corrected chi connectivity index (χ2v) is 5.66. The number of carbonyl (C=O) groups is 1. The first-order chi connectivity index (χ1) is 8.90. The van der Waals surface area contributed by atoms with Crippen LogP contribution in [0.4, 0.5) is 0 Å². The van der Waals surface area contributed by atoms with Gasteiger partial charge >= 0.3 is 5.97 Å². The molecule has 98 valence electrons. The third kappa shape index (κ3) is 2.71. The molecule has 0 aliphatic heterocycles. The van der Waals surface area contributed by atoms with Crippen molar-refractivity contribution in [3.8, 4) is 11.1 Å². The molecule has 0 aliphatic carbocycles. The van der Waals surface area contributed by atoms with Crippen molar-refractivity contribution >= 4 is 21.9 Å². The number of aryl methyl sites for hydroxylation is 3. The number of halogens is 1. The molecular weight excluding hydrogens is 304 g/mol. The van der Waals surface area contributed by atoms with E-state index in [-0.39, 0.29) is 0 Å². The van der Waals surface area contributed by atoms with Gasteiger partial charge in [0, 0.05) is 4.47 Å². The van der Waals surface area contributed by atoms with Gasteiger partial charge in [0.1, 0.15) is 0 Å². The fraction of sp³-hybridized carbons (Fsp3) is 0.188. The van der Waals surface area contributed by atoms with E-state index >= 15 is 0 Å². The van der Waals surface area contributed by atoms with E-state index in [4.69, 9.17) is 0 Å². The molecule has 0 fully saturated rings. The summed E-state index contributed by atoms with van der Waals surface area (Å²) in [6, 6.07) is 9.52. The van der Waals surface area contributed by atoms with E-state index in [2.05, 4.69) is 35.0 Å². The van der Waals surface area contributed by atoms with Gasteiger partial charge in [-0.05, 0) is 60.7 Å². The Bertz CT molecular complexity index is 660. The zero-order chi connectivity index (χ0) is 14.2. The van der Waals surface area contributed by atoms with Crippen LogP contribution in [0.5, 0.6) is 0 Å². The molecule has 0 atom stereocenters. The van der Waals surface area contributed by atoms with Gasteiger partial charge in [0.15, 0.2) is 0 Å². The number of hydrogen-bond donors (Lipinski definition) is 1. The summed E-state index contributed by atoms with van der Waals surface area (Å²) in [5.74, 6) is -0.908. The normalized spacial score (nSPS) is 10.5. The summed E-state index contributed by atoms with van der Waals surface area (Å²) >= 11 is 3.32. The van der Waals surface area contributed by atoms with Crippen molar-refractivity contribution in [1.82, 2.24) is 0 Å². The Morgan fingerprint density at radius 1 is 0.947 bits per heavy atom. The first-order valence-corrected chi connectivity index (χ1v) is 6.80. The standard InChI is InChI=1S/C16H15BrO2/c1-9-6-11(3)14(7-10(9)2)13-5-4-12(17)8-15(13)16(18)19/h4-8H,1-3H3,(H,18,19). The Kier molecular flexibility index (Phi) is 3.76. The van der Waals surface area contributed by atoms with E-state index in [0.29, 0.717) is 5.56 Å². The van der Waals surface area contributed by atoms with Crippen LogP contribution in [0, 0.1) is 20.8 Å². The molecule has 2 nitrogen and oxygen atoms in total. The lowest BCUT2D eigenvalue weighted by atomic mass is 9.92. The lowest BCUT2D eigenvalue weighted by Crippen LogP contribution is -2.01. The van der Waals surface area contributed by atoms with E-state index in [1.807, 2.05) is 26.0 Å². The van der Waals surface area contributed by atoms with Crippen LogP contribution in [-0.2, 0) is 0 Å². The van der Waals surface area contributed by atoms with Crippen molar-refractivity contribution in [2.45, 2.75) is 20.8 Å². The highest BCUT2D eigenvalue weighted by atomic mass is 79.9. The lowest BCUT2D eigenvalue weighted by Gasteiger charge is -2.12. The Balaban J connectivity index is 2.72. The maximum Gasteiger partial charge on any atom is 0.336 e. The van der Waals surface area contributed by atoms with Crippen molar-refractivity contribution in [3.63, 3.8) is 0 Å². The summed E-state index contributed by atoms with van der Waals surface area (Å²) < 4.78 is 0.773. The Morgan fingerprint density at radius 3 is 2.21 bits per heavy atom. The quantitative estimate of drug-likeness (QED) is 0.868. The SMILES string of the molecule is Cc1cc(C)c(-c2ccc(Br)cc2C(=O)O)cc1C. The molecule has 0 aromatic heterocycles. The maximum atomic E-state index is 11.4. The van der Waals surface area contributed by atoms with Crippen molar-refractivity contribution < 1.29 is 9.90 Å². The van der Waals surface area contributed by atoms with Gasteiger partial charge in [-0.2, -0.15) is 0 Å². The van der Waals surface area contributed by atoms with Gasteiger partial charge in [-0.25, -0.2) is 4.79 Å². The topological polar surface area (TPSA) is 37.3 Å². The van der Waals surface area contributed by atoms with E-state index in [9.17, 15) is 9.90 Å². The molecular formula is C16H15BrO2. The number of hydrogen-bond acceptors (Lipinski definition) is 1. The molecule has 0 unspecified atom stereocenters. The van der Waals surface area contributed by atoms with Gasteiger partial charge in [0.05, 0.1) is 5.56 Å². The molecule has 0 spiro atoms. The van der Waals surface area contributed by atoms with Crippen LogP contribution in [0.25, 0.3) is 11.1 Å². The summed E-state index contributed by atoms with van der Waals surface area (Å²) in [6.45, 7) is 6.11. The van der Waals surface area contributed by atoms with Crippen LogP contribution in [0.15, 0.2) is 34.8 Å². The molecule has 2 rings (SSSR count). The van der Waals surface area contributed by atoms with Gasteiger partial charge in [-0.15, -0.1) is 0 Å². The third-order valence-corrected chi connectivity index (χ3v) is 3.84. The zero-order valence-electron chi connectivity index (χ0n) is 11.1. The van der Waals surface area contributed by atoms with Crippen molar-refractivity contribution in [1.29, 1.82) is 0 Å². The second kappa shape index (κ2) is 5.17. The first-order valence-electron chi connectivity index (χ1n) is 6.01. The Hall–Kier alpha value is -1.61. The summed E-state index contributed by atoms with van der Waals surface area (Å²) in [7, 11) is 0. The van der Waals surface area contributed by atoms with Gasteiger partial charge in [-0.1, -0.05) is 34.1 Å². The van der Waals surface area contributed by atoms with Crippen LogP contribution in [-0.4, -0.2) is 11.1 Å². The molecule has 3 heteroatoms. The number of rotatable bonds is 2. The van der Waals surface area contributed by atoms with Crippen molar-refractivity contribution in [2.24, 2.45) is 0 Å². The van der Waals surface area contributed by atoms with Crippen molar-refractivity contribution in [3.05, 3.63) is 57.1 Å². The van der Waals surface area contributed by atoms with Gasteiger partial charge in [0.25, 0.3) is 0 Å². The average molecular weight is 319 g/mol. The molecule has 1 N–H and O–H groups in total. The highest BCUT2D eigenvalue weighted by molar-refractivity contribution is 9.10. The predicted molar refractivity (Wildman–Crippen MR) is 80.7 cm³/mol. The fourth-order valence-electron chi connectivity index (χ4n) is 2.18. The van der Waals surface area contributed by atoms with E-state index in [1.165, 1.54) is 11.1 Å². The molecule has 0 heterocycles. The van der Waals surface area contributed by atoms with Crippen LogP contribution in [0.2, 0.25) is 0 Å².